The van der Waals surface area contributed by atoms with Crippen LogP contribution in [-0.2, 0) is 9.53 Å². The van der Waals surface area contributed by atoms with E-state index >= 15 is 0 Å². The third-order valence-electron chi connectivity index (χ3n) is 4.94. The topological polar surface area (TPSA) is 132 Å². The molecular weight excluding hydrogens is 410 g/mol. The molecule has 0 saturated heterocycles. The molecule has 2 aromatic carbocycles. The van der Waals surface area contributed by atoms with Crippen LogP contribution in [0.4, 0.5) is 11.4 Å². The smallest absolute Gasteiger partial charge is 0.261 e. The first-order chi connectivity index (χ1) is 15.6. The maximum absolute atomic E-state index is 12.7. The number of imidazole rings is 1. The van der Waals surface area contributed by atoms with Crippen LogP contribution in [0, 0.1) is 0 Å². The third-order valence-corrected chi connectivity index (χ3v) is 4.94. The molecule has 5 N–H and O–H groups in total. The Kier molecular flexibility index (Phi) is 6.29. The third kappa shape index (κ3) is 4.53. The standard InChI is InChI=1S/C23H23N5O4/c1-32-13-19(30)26-16-8-5-9-17-21(16)28-22(27-17)20-15(10-11-24-23(20)31)25-12-18(29)14-6-3-2-4-7-14/h2-11,18,29H,12-13H2,1H3,(H,26,30)(H,27,28)(H2,24,25,31). The second-order valence-corrected chi connectivity index (χ2v) is 7.17. The number of nitrogens with zero attached hydrogens (tertiary/aromatic N) is 1. The minimum atomic E-state index is -0.749. The van der Waals surface area contributed by atoms with Gasteiger partial charge in [-0.05, 0) is 23.8 Å². The first-order valence-electron chi connectivity index (χ1n) is 10.0. The van der Waals surface area contributed by atoms with Gasteiger partial charge in [-0.15, -0.1) is 0 Å². The number of aromatic nitrogens is 3. The van der Waals surface area contributed by atoms with Crippen molar-refractivity contribution < 1.29 is 14.6 Å². The molecule has 2 heterocycles. The summed E-state index contributed by atoms with van der Waals surface area (Å²) in [5, 5.41) is 16.4. The van der Waals surface area contributed by atoms with Gasteiger partial charge in [0.2, 0.25) is 5.91 Å². The summed E-state index contributed by atoms with van der Waals surface area (Å²) in [4.78, 5) is 35.0. The fraction of sp³-hybridized carbons (Fsp3) is 0.174. The molecule has 0 saturated carbocycles. The quantitative estimate of drug-likeness (QED) is 0.290. The Morgan fingerprint density at radius 3 is 2.72 bits per heavy atom. The molecule has 0 aliphatic rings. The molecule has 0 bridgehead atoms. The zero-order valence-electron chi connectivity index (χ0n) is 17.4. The number of carbonyl (C=O) groups is 1. The normalized spacial score (nSPS) is 11.9. The fourth-order valence-electron chi connectivity index (χ4n) is 3.43. The van der Waals surface area contributed by atoms with Gasteiger partial charge in [0.05, 0.1) is 28.5 Å². The average Bonchev–Trinajstić information content (AvgIpc) is 3.23. The van der Waals surface area contributed by atoms with Crippen molar-refractivity contribution >= 4 is 28.3 Å². The van der Waals surface area contributed by atoms with Crippen molar-refractivity contribution in [3.05, 3.63) is 76.7 Å². The average molecular weight is 433 g/mol. The number of hydrogen-bond donors (Lipinski definition) is 5. The van der Waals surface area contributed by atoms with Crippen LogP contribution in [0.2, 0.25) is 0 Å². The van der Waals surface area contributed by atoms with E-state index in [0.29, 0.717) is 33.8 Å². The summed E-state index contributed by atoms with van der Waals surface area (Å²) in [6, 6.07) is 16.3. The zero-order chi connectivity index (χ0) is 22.5. The Labute approximate surface area is 183 Å². The summed E-state index contributed by atoms with van der Waals surface area (Å²) in [6.45, 7) is 0.132. The van der Waals surface area contributed by atoms with E-state index in [2.05, 4.69) is 25.6 Å². The Bertz CT molecular complexity index is 1280. The van der Waals surface area contributed by atoms with E-state index in [0.717, 1.165) is 5.56 Å². The van der Waals surface area contributed by atoms with Gasteiger partial charge in [0.15, 0.2) is 0 Å². The fourth-order valence-corrected chi connectivity index (χ4v) is 3.43. The highest BCUT2D eigenvalue weighted by Gasteiger charge is 2.17. The summed E-state index contributed by atoms with van der Waals surface area (Å²) in [6.07, 6.45) is 0.781. The minimum absolute atomic E-state index is 0.0758. The van der Waals surface area contributed by atoms with Crippen LogP contribution in [0.25, 0.3) is 22.4 Å². The molecule has 0 radical (unpaired) electrons. The number of nitrogens with one attached hydrogen (secondary N) is 4. The number of aliphatic hydroxyl groups excluding tert-OH is 1. The van der Waals surface area contributed by atoms with E-state index in [1.165, 1.54) is 13.3 Å². The number of rotatable bonds is 8. The molecular formula is C23H23N5O4. The number of amides is 1. The summed E-state index contributed by atoms with van der Waals surface area (Å²) >= 11 is 0. The number of anilines is 2. The van der Waals surface area contributed by atoms with E-state index in [9.17, 15) is 14.7 Å². The number of H-pyrrole nitrogens is 2. The largest absolute Gasteiger partial charge is 0.387 e. The Morgan fingerprint density at radius 1 is 1.12 bits per heavy atom. The summed E-state index contributed by atoms with van der Waals surface area (Å²) in [5.74, 6) is 0.0398. The highest BCUT2D eigenvalue weighted by molar-refractivity contribution is 6.00. The summed E-state index contributed by atoms with van der Waals surface area (Å²) in [7, 11) is 1.44. The first-order valence-corrected chi connectivity index (χ1v) is 10.0. The number of pyridine rings is 1. The molecule has 0 fully saturated rings. The molecule has 0 aliphatic heterocycles. The van der Waals surface area contributed by atoms with E-state index in [4.69, 9.17) is 4.74 Å². The maximum atomic E-state index is 12.7. The van der Waals surface area contributed by atoms with E-state index in [1.807, 2.05) is 30.3 Å². The van der Waals surface area contributed by atoms with Gasteiger partial charge in [0.1, 0.15) is 18.0 Å². The lowest BCUT2D eigenvalue weighted by Gasteiger charge is -2.14. The van der Waals surface area contributed by atoms with Crippen molar-refractivity contribution in [3.63, 3.8) is 0 Å². The molecule has 0 spiro atoms. The molecule has 4 aromatic rings. The lowest BCUT2D eigenvalue weighted by Crippen LogP contribution is -2.17. The molecule has 1 unspecified atom stereocenters. The Morgan fingerprint density at radius 2 is 1.94 bits per heavy atom. The number of aromatic amines is 2. The van der Waals surface area contributed by atoms with Gasteiger partial charge in [-0.2, -0.15) is 0 Å². The van der Waals surface area contributed by atoms with Crippen LogP contribution < -0.4 is 16.2 Å². The predicted octanol–water partition coefficient (Wildman–Crippen LogP) is 2.65. The van der Waals surface area contributed by atoms with Crippen molar-refractivity contribution in [2.24, 2.45) is 0 Å². The van der Waals surface area contributed by atoms with Crippen molar-refractivity contribution in [3.8, 4) is 11.4 Å². The molecule has 1 amide bonds. The maximum Gasteiger partial charge on any atom is 0.261 e. The van der Waals surface area contributed by atoms with Crippen molar-refractivity contribution in [2.45, 2.75) is 6.10 Å². The molecule has 4 rings (SSSR count). The highest BCUT2D eigenvalue weighted by atomic mass is 16.5. The Balaban J connectivity index is 1.65. The molecule has 164 valence electrons. The highest BCUT2D eigenvalue weighted by Crippen LogP contribution is 2.28. The molecule has 9 heteroatoms. The number of ether oxygens (including phenoxy) is 1. The summed E-state index contributed by atoms with van der Waals surface area (Å²) in [5.41, 5.74) is 2.97. The van der Waals surface area contributed by atoms with Gasteiger partial charge in [0, 0.05) is 19.9 Å². The minimum Gasteiger partial charge on any atom is -0.387 e. The van der Waals surface area contributed by atoms with Crippen LogP contribution in [0.1, 0.15) is 11.7 Å². The van der Waals surface area contributed by atoms with Crippen LogP contribution in [0.3, 0.4) is 0 Å². The molecule has 9 nitrogen and oxygen atoms in total. The summed E-state index contributed by atoms with van der Waals surface area (Å²) < 4.78 is 4.86. The van der Waals surface area contributed by atoms with Crippen LogP contribution in [-0.4, -0.2) is 46.2 Å². The number of para-hydroxylation sites is 1. The number of fused-ring (bicyclic) bond motifs is 1. The van der Waals surface area contributed by atoms with Gasteiger partial charge < -0.3 is 30.4 Å². The SMILES string of the molecule is COCC(=O)Nc1cccc2nc(-c3c(NCC(O)c4ccccc4)cc[nH]c3=O)[nH]c12. The van der Waals surface area contributed by atoms with Gasteiger partial charge in [-0.1, -0.05) is 36.4 Å². The lowest BCUT2D eigenvalue weighted by molar-refractivity contribution is -0.119. The first kappa shape index (κ1) is 21.3. The van der Waals surface area contributed by atoms with Gasteiger partial charge in [-0.3, -0.25) is 9.59 Å². The predicted molar refractivity (Wildman–Crippen MR) is 123 cm³/mol. The molecule has 1 atom stereocenters. The molecule has 32 heavy (non-hydrogen) atoms. The lowest BCUT2D eigenvalue weighted by atomic mass is 10.1. The van der Waals surface area contributed by atoms with E-state index < -0.39 is 6.10 Å². The van der Waals surface area contributed by atoms with Crippen molar-refractivity contribution in [1.82, 2.24) is 15.0 Å². The number of methoxy groups -OCH3 is 1. The zero-order valence-corrected chi connectivity index (χ0v) is 17.4. The Hall–Kier alpha value is -3.95. The monoisotopic (exact) mass is 433 g/mol. The van der Waals surface area contributed by atoms with E-state index in [1.54, 1.807) is 24.3 Å². The van der Waals surface area contributed by atoms with Crippen molar-refractivity contribution in [2.75, 3.05) is 30.9 Å². The number of carbonyl (C=O) groups excluding carboxylic acids is 1. The van der Waals surface area contributed by atoms with Crippen LogP contribution >= 0.6 is 0 Å². The molecule has 0 aliphatic carbocycles. The molecule has 2 aromatic heterocycles. The second-order valence-electron chi connectivity index (χ2n) is 7.17. The second kappa shape index (κ2) is 9.46. The van der Waals surface area contributed by atoms with Crippen molar-refractivity contribution in [1.29, 1.82) is 0 Å². The number of hydrogen-bond acceptors (Lipinski definition) is 6. The van der Waals surface area contributed by atoms with E-state index in [-0.39, 0.29) is 24.6 Å². The van der Waals surface area contributed by atoms with Gasteiger partial charge in [-0.25, -0.2) is 4.98 Å². The van der Waals surface area contributed by atoms with Gasteiger partial charge in [0.25, 0.3) is 5.56 Å². The van der Waals surface area contributed by atoms with Gasteiger partial charge >= 0.3 is 0 Å². The van der Waals surface area contributed by atoms with Crippen LogP contribution in [0.15, 0.2) is 65.6 Å². The number of benzene rings is 2. The number of aliphatic hydroxyl groups is 1. The van der Waals surface area contributed by atoms with Crippen LogP contribution in [0.5, 0.6) is 0 Å².